The standard InChI is InChI=1S/C21H26N8S/c1-13(2)16-7-19(30-27-16)26-20-21-23-10-18(15-9-24-28(3)11-15)29(21)12-17(25-20)14-5-4-6-22-8-14/h5,7,9-10,12-13,15,22H,4,6,8,11H2,1-3H3,(H,25,26). The van der Waals surface area contributed by atoms with Crippen molar-refractivity contribution in [1.82, 2.24) is 29.1 Å². The fourth-order valence-electron chi connectivity index (χ4n) is 3.84. The largest absolute Gasteiger partial charge is 0.328 e. The molecular weight excluding hydrogens is 396 g/mol. The van der Waals surface area contributed by atoms with Gasteiger partial charge in [0.2, 0.25) is 0 Å². The zero-order valence-corrected chi connectivity index (χ0v) is 18.3. The molecule has 30 heavy (non-hydrogen) atoms. The number of likely N-dealkylation sites (N-methyl/N-ethyl adjacent to an activating group) is 1. The molecule has 5 rings (SSSR count). The molecule has 0 saturated carbocycles. The van der Waals surface area contributed by atoms with Gasteiger partial charge < -0.3 is 10.6 Å². The zero-order chi connectivity index (χ0) is 20.7. The number of aromatic nitrogens is 4. The highest BCUT2D eigenvalue weighted by atomic mass is 32.1. The van der Waals surface area contributed by atoms with E-state index in [-0.39, 0.29) is 5.92 Å². The van der Waals surface area contributed by atoms with E-state index < -0.39 is 0 Å². The number of hydrogen-bond acceptors (Lipinski definition) is 8. The molecule has 0 saturated heterocycles. The summed E-state index contributed by atoms with van der Waals surface area (Å²) in [6.07, 6.45) is 9.35. The average molecular weight is 423 g/mol. The second-order valence-electron chi connectivity index (χ2n) is 8.15. The van der Waals surface area contributed by atoms with E-state index in [2.05, 4.69) is 56.7 Å². The van der Waals surface area contributed by atoms with Gasteiger partial charge in [0.1, 0.15) is 5.00 Å². The van der Waals surface area contributed by atoms with Crippen molar-refractivity contribution in [3.8, 4) is 0 Å². The summed E-state index contributed by atoms with van der Waals surface area (Å²) in [5.74, 6) is 1.36. The zero-order valence-electron chi connectivity index (χ0n) is 17.5. The molecule has 2 aliphatic rings. The maximum atomic E-state index is 4.96. The molecule has 0 fully saturated rings. The van der Waals surface area contributed by atoms with Crippen LogP contribution in [-0.4, -0.2) is 56.6 Å². The Morgan fingerprint density at radius 1 is 1.33 bits per heavy atom. The van der Waals surface area contributed by atoms with Gasteiger partial charge in [-0.15, -0.1) is 0 Å². The maximum Gasteiger partial charge on any atom is 0.180 e. The predicted octanol–water partition coefficient (Wildman–Crippen LogP) is 3.44. The molecule has 0 aromatic carbocycles. The van der Waals surface area contributed by atoms with Crippen LogP contribution in [0, 0.1) is 0 Å². The van der Waals surface area contributed by atoms with Crippen LogP contribution in [0.3, 0.4) is 0 Å². The van der Waals surface area contributed by atoms with Gasteiger partial charge in [-0.25, -0.2) is 9.97 Å². The van der Waals surface area contributed by atoms with Crippen LogP contribution < -0.4 is 10.6 Å². The third kappa shape index (κ3) is 3.59. The quantitative estimate of drug-likeness (QED) is 0.655. The molecule has 0 bridgehead atoms. The van der Waals surface area contributed by atoms with Crippen molar-refractivity contribution in [2.45, 2.75) is 32.1 Å². The molecular formula is C21H26N8S. The number of anilines is 2. The Hall–Kier alpha value is -2.78. The van der Waals surface area contributed by atoms with Crippen LogP contribution in [0.5, 0.6) is 0 Å². The minimum Gasteiger partial charge on any atom is -0.328 e. The first-order valence-electron chi connectivity index (χ1n) is 10.4. The van der Waals surface area contributed by atoms with Crippen molar-refractivity contribution in [2.75, 3.05) is 32.0 Å². The van der Waals surface area contributed by atoms with Gasteiger partial charge >= 0.3 is 0 Å². The second-order valence-corrected chi connectivity index (χ2v) is 8.96. The van der Waals surface area contributed by atoms with Crippen molar-refractivity contribution in [3.05, 3.63) is 41.6 Å². The van der Waals surface area contributed by atoms with Crippen LogP contribution >= 0.6 is 11.5 Å². The third-order valence-corrected chi connectivity index (χ3v) is 6.24. The minimum atomic E-state index is 0.211. The normalized spacial score (nSPS) is 19.1. The number of imidazole rings is 1. The summed E-state index contributed by atoms with van der Waals surface area (Å²) in [6, 6.07) is 2.10. The molecule has 0 radical (unpaired) electrons. The van der Waals surface area contributed by atoms with Crippen LogP contribution in [0.2, 0.25) is 0 Å². The lowest BCUT2D eigenvalue weighted by molar-refractivity contribution is 0.380. The molecule has 3 aromatic rings. The summed E-state index contributed by atoms with van der Waals surface area (Å²) in [5, 5.41) is 14.3. The molecule has 1 atom stereocenters. The van der Waals surface area contributed by atoms with Crippen molar-refractivity contribution >= 4 is 39.8 Å². The highest BCUT2D eigenvalue weighted by Gasteiger charge is 2.23. The minimum absolute atomic E-state index is 0.211. The van der Waals surface area contributed by atoms with Gasteiger partial charge in [0.15, 0.2) is 11.5 Å². The van der Waals surface area contributed by atoms with Gasteiger partial charge in [-0.05, 0) is 42.1 Å². The lowest BCUT2D eigenvalue weighted by Crippen LogP contribution is -2.22. The van der Waals surface area contributed by atoms with E-state index in [1.54, 1.807) is 0 Å². The van der Waals surface area contributed by atoms with E-state index in [1.165, 1.54) is 17.1 Å². The summed E-state index contributed by atoms with van der Waals surface area (Å²) in [5.41, 5.74) is 5.22. The number of nitrogens with one attached hydrogen (secondary N) is 2. The topological polar surface area (TPSA) is 82.7 Å². The first-order chi connectivity index (χ1) is 14.6. The Morgan fingerprint density at radius 2 is 2.23 bits per heavy atom. The van der Waals surface area contributed by atoms with Crippen molar-refractivity contribution in [1.29, 1.82) is 0 Å². The van der Waals surface area contributed by atoms with Crippen molar-refractivity contribution in [2.24, 2.45) is 5.10 Å². The molecule has 0 aliphatic carbocycles. The summed E-state index contributed by atoms with van der Waals surface area (Å²) in [7, 11) is 1.99. The Morgan fingerprint density at radius 3 is 2.93 bits per heavy atom. The number of fused-ring (bicyclic) bond motifs is 1. The van der Waals surface area contributed by atoms with Crippen LogP contribution in [0.4, 0.5) is 10.8 Å². The Bertz CT molecular complexity index is 1130. The van der Waals surface area contributed by atoms with Gasteiger partial charge in [-0.3, -0.25) is 9.41 Å². The third-order valence-electron chi connectivity index (χ3n) is 5.52. The van der Waals surface area contributed by atoms with Crippen LogP contribution in [0.25, 0.3) is 11.2 Å². The predicted molar refractivity (Wildman–Crippen MR) is 122 cm³/mol. The van der Waals surface area contributed by atoms with Gasteiger partial charge in [0.25, 0.3) is 0 Å². The summed E-state index contributed by atoms with van der Waals surface area (Å²) < 4.78 is 6.73. The van der Waals surface area contributed by atoms with E-state index in [4.69, 9.17) is 9.97 Å². The van der Waals surface area contributed by atoms with E-state index in [0.29, 0.717) is 5.92 Å². The molecule has 156 valence electrons. The Balaban J connectivity index is 1.59. The summed E-state index contributed by atoms with van der Waals surface area (Å²) >= 11 is 1.46. The smallest absolute Gasteiger partial charge is 0.180 e. The molecule has 0 spiro atoms. The van der Waals surface area contributed by atoms with Crippen molar-refractivity contribution in [3.63, 3.8) is 0 Å². The fourth-order valence-corrected chi connectivity index (χ4v) is 4.62. The number of hydrogen-bond donors (Lipinski definition) is 2. The summed E-state index contributed by atoms with van der Waals surface area (Å²) in [4.78, 5) is 9.68. The van der Waals surface area contributed by atoms with E-state index >= 15 is 0 Å². The molecule has 8 nitrogen and oxygen atoms in total. The molecule has 5 heterocycles. The van der Waals surface area contributed by atoms with Gasteiger partial charge in [-0.2, -0.15) is 9.47 Å². The van der Waals surface area contributed by atoms with Gasteiger partial charge in [-0.1, -0.05) is 19.9 Å². The SMILES string of the molecule is CC(C)c1cc(Nc2nc(C3=CCCNC3)cn3c(C4C=NN(C)C4)cnc23)sn1. The first kappa shape index (κ1) is 19.2. The van der Waals surface area contributed by atoms with Crippen LogP contribution in [0.15, 0.2) is 29.6 Å². The number of nitrogens with zero attached hydrogens (tertiary/aromatic N) is 6. The van der Waals surface area contributed by atoms with E-state index in [1.807, 2.05) is 24.5 Å². The van der Waals surface area contributed by atoms with E-state index in [9.17, 15) is 0 Å². The lowest BCUT2D eigenvalue weighted by atomic mass is 10.1. The summed E-state index contributed by atoms with van der Waals surface area (Å²) in [6.45, 7) is 6.99. The Kier molecular flexibility index (Phi) is 5.00. The van der Waals surface area contributed by atoms with E-state index in [0.717, 1.165) is 59.6 Å². The maximum absolute atomic E-state index is 4.96. The molecule has 2 N–H and O–H groups in total. The Labute approximate surface area is 179 Å². The van der Waals surface area contributed by atoms with Crippen molar-refractivity contribution < 1.29 is 0 Å². The van der Waals surface area contributed by atoms with Gasteiger partial charge in [0, 0.05) is 32.5 Å². The molecule has 0 amide bonds. The average Bonchev–Trinajstić information content (AvgIpc) is 3.48. The molecule has 2 aliphatic heterocycles. The number of rotatable bonds is 5. The van der Waals surface area contributed by atoms with Crippen LogP contribution in [-0.2, 0) is 0 Å². The number of hydrazone groups is 1. The van der Waals surface area contributed by atoms with Gasteiger partial charge in [0.05, 0.1) is 29.2 Å². The fraction of sp³-hybridized carbons (Fsp3) is 0.429. The molecule has 1 unspecified atom stereocenters. The molecule has 9 heteroatoms. The monoisotopic (exact) mass is 422 g/mol. The highest BCUT2D eigenvalue weighted by Crippen LogP contribution is 2.30. The van der Waals surface area contributed by atoms with Crippen LogP contribution in [0.1, 0.15) is 49.2 Å². The first-order valence-corrected chi connectivity index (χ1v) is 11.1. The highest BCUT2D eigenvalue weighted by molar-refractivity contribution is 7.10. The second kappa shape index (κ2) is 7.81. The lowest BCUT2D eigenvalue weighted by Gasteiger charge is -2.16. The molecule has 3 aromatic heterocycles.